The minimum absolute atomic E-state index is 0.198. The molecule has 0 bridgehead atoms. The summed E-state index contributed by atoms with van der Waals surface area (Å²) in [5, 5.41) is 15.6. The number of nitro groups is 1. The van der Waals surface area contributed by atoms with Crippen molar-refractivity contribution in [2.45, 2.75) is 6.92 Å². The summed E-state index contributed by atoms with van der Waals surface area (Å²) in [4.78, 5) is 24.4. The smallest absolute Gasteiger partial charge is 0.349 e. The van der Waals surface area contributed by atoms with Gasteiger partial charge in [-0.15, -0.1) is 0 Å². The lowest BCUT2D eigenvalue weighted by Gasteiger charge is -2.15. The van der Waals surface area contributed by atoms with Gasteiger partial charge in [0, 0.05) is 16.8 Å². The number of rotatable bonds is 4. The minimum atomic E-state index is -0.676. The van der Waals surface area contributed by atoms with Crippen LogP contribution >= 0.6 is 0 Å². The van der Waals surface area contributed by atoms with Gasteiger partial charge in [0.05, 0.1) is 10.4 Å². The Labute approximate surface area is 160 Å². The highest BCUT2D eigenvalue weighted by Crippen LogP contribution is 2.33. The number of nitrogens with zero attached hydrogens (tertiary/aromatic N) is 2. The summed E-state index contributed by atoms with van der Waals surface area (Å²) in [7, 11) is 0. The molecule has 0 fully saturated rings. The molecule has 0 spiro atoms. The summed E-state index contributed by atoms with van der Waals surface area (Å²) in [6.07, 6.45) is 0. The standard InChI is InChI=1S/C22H17N3O3/c1-15-8-7-9-16(14-15)23-20-18-12-5-6-13-19(18)24(17-10-3-2-4-11-17)22(26)21(20)25(27)28/h2-14,23H,1H3. The fraction of sp³-hybridized carbons (Fsp3) is 0.0455. The van der Waals surface area contributed by atoms with Crippen LogP contribution in [0.15, 0.2) is 83.7 Å². The molecule has 6 heteroatoms. The molecule has 0 radical (unpaired) electrons. The average molecular weight is 371 g/mol. The van der Waals surface area contributed by atoms with E-state index in [0.29, 0.717) is 22.3 Å². The van der Waals surface area contributed by atoms with Crippen LogP contribution < -0.4 is 10.9 Å². The second kappa shape index (κ2) is 7.00. The van der Waals surface area contributed by atoms with Crippen LogP contribution in [0.5, 0.6) is 0 Å². The van der Waals surface area contributed by atoms with E-state index in [2.05, 4.69) is 5.32 Å². The summed E-state index contributed by atoms with van der Waals surface area (Å²) in [6.45, 7) is 1.94. The van der Waals surface area contributed by atoms with Crippen LogP contribution in [0.2, 0.25) is 0 Å². The Morgan fingerprint density at radius 3 is 2.36 bits per heavy atom. The van der Waals surface area contributed by atoms with Gasteiger partial charge in [0.15, 0.2) is 0 Å². The third-order valence-corrected chi connectivity index (χ3v) is 4.54. The normalized spacial score (nSPS) is 10.8. The van der Waals surface area contributed by atoms with Gasteiger partial charge in [-0.1, -0.05) is 48.5 Å². The SMILES string of the molecule is Cc1cccc(Nc2c([N+](=O)[O-])c(=O)n(-c3ccccc3)c3ccccc23)c1. The largest absolute Gasteiger partial charge is 0.358 e. The lowest BCUT2D eigenvalue weighted by atomic mass is 10.1. The van der Waals surface area contributed by atoms with Crippen molar-refractivity contribution in [2.24, 2.45) is 0 Å². The molecule has 0 aliphatic carbocycles. The number of hydrogen-bond donors (Lipinski definition) is 1. The third-order valence-electron chi connectivity index (χ3n) is 4.54. The Hall–Kier alpha value is -3.93. The molecule has 1 aromatic heterocycles. The first-order chi connectivity index (χ1) is 13.6. The molecule has 0 amide bonds. The molecule has 0 saturated carbocycles. The number of para-hydroxylation sites is 2. The molecule has 0 atom stereocenters. The predicted octanol–water partition coefficient (Wildman–Crippen LogP) is 4.95. The number of aryl methyl sites for hydroxylation is 1. The predicted molar refractivity (Wildman–Crippen MR) is 111 cm³/mol. The fourth-order valence-electron chi connectivity index (χ4n) is 3.33. The molecular weight excluding hydrogens is 354 g/mol. The highest BCUT2D eigenvalue weighted by molar-refractivity contribution is 5.98. The van der Waals surface area contributed by atoms with Gasteiger partial charge in [-0.2, -0.15) is 0 Å². The van der Waals surface area contributed by atoms with Crippen molar-refractivity contribution in [1.82, 2.24) is 4.57 Å². The van der Waals surface area contributed by atoms with E-state index in [1.165, 1.54) is 4.57 Å². The topological polar surface area (TPSA) is 77.2 Å². The Morgan fingerprint density at radius 1 is 0.929 bits per heavy atom. The second-order valence-corrected chi connectivity index (χ2v) is 6.47. The van der Waals surface area contributed by atoms with E-state index < -0.39 is 16.2 Å². The van der Waals surface area contributed by atoms with Crippen LogP contribution in [0, 0.1) is 17.0 Å². The van der Waals surface area contributed by atoms with Crippen molar-refractivity contribution >= 4 is 28.0 Å². The van der Waals surface area contributed by atoms with Crippen LogP contribution in [0.1, 0.15) is 5.56 Å². The van der Waals surface area contributed by atoms with Crippen molar-refractivity contribution in [3.8, 4) is 5.69 Å². The lowest BCUT2D eigenvalue weighted by Crippen LogP contribution is -2.23. The number of nitrogens with one attached hydrogen (secondary N) is 1. The van der Waals surface area contributed by atoms with Crippen LogP contribution in [-0.2, 0) is 0 Å². The number of pyridine rings is 1. The van der Waals surface area contributed by atoms with Crippen LogP contribution in [0.4, 0.5) is 17.1 Å². The minimum Gasteiger partial charge on any atom is -0.349 e. The van der Waals surface area contributed by atoms with E-state index in [1.807, 2.05) is 43.3 Å². The summed E-state index contributed by atoms with van der Waals surface area (Å²) < 4.78 is 1.38. The van der Waals surface area contributed by atoms with Crippen molar-refractivity contribution in [2.75, 3.05) is 5.32 Å². The van der Waals surface area contributed by atoms with Gasteiger partial charge in [0.1, 0.15) is 5.69 Å². The van der Waals surface area contributed by atoms with Gasteiger partial charge in [0.2, 0.25) is 0 Å². The molecule has 1 heterocycles. The molecular formula is C22H17N3O3. The first-order valence-electron chi connectivity index (χ1n) is 8.77. The molecule has 0 unspecified atom stereocenters. The molecule has 0 aliphatic heterocycles. The Morgan fingerprint density at radius 2 is 1.64 bits per heavy atom. The van der Waals surface area contributed by atoms with Crippen LogP contribution in [-0.4, -0.2) is 9.49 Å². The molecule has 3 aromatic carbocycles. The van der Waals surface area contributed by atoms with E-state index >= 15 is 0 Å². The van der Waals surface area contributed by atoms with Crippen LogP contribution in [0.25, 0.3) is 16.6 Å². The third kappa shape index (κ3) is 3.01. The zero-order chi connectivity index (χ0) is 19.7. The fourth-order valence-corrected chi connectivity index (χ4v) is 3.33. The monoisotopic (exact) mass is 371 g/mol. The Balaban J connectivity index is 2.07. The van der Waals surface area contributed by atoms with Crippen molar-refractivity contribution < 1.29 is 4.92 Å². The zero-order valence-electron chi connectivity index (χ0n) is 15.1. The summed E-state index contributed by atoms with van der Waals surface area (Å²) in [5.41, 5.74) is 1.91. The summed E-state index contributed by atoms with van der Waals surface area (Å²) in [6, 6.07) is 23.6. The first kappa shape index (κ1) is 17.5. The number of benzene rings is 3. The highest BCUT2D eigenvalue weighted by Gasteiger charge is 2.26. The molecule has 0 aliphatic rings. The second-order valence-electron chi connectivity index (χ2n) is 6.47. The van der Waals surface area contributed by atoms with Crippen molar-refractivity contribution in [3.05, 3.63) is 105 Å². The van der Waals surface area contributed by atoms with E-state index in [-0.39, 0.29) is 5.69 Å². The average Bonchev–Trinajstić information content (AvgIpc) is 2.68. The maximum absolute atomic E-state index is 13.2. The maximum Gasteiger partial charge on any atom is 0.358 e. The summed E-state index contributed by atoms with van der Waals surface area (Å²) in [5.74, 6) is 0. The molecule has 0 saturated heterocycles. The van der Waals surface area contributed by atoms with E-state index in [1.54, 1.807) is 42.5 Å². The lowest BCUT2D eigenvalue weighted by molar-refractivity contribution is -0.385. The first-order valence-corrected chi connectivity index (χ1v) is 8.77. The van der Waals surface area contributed by atoms with Gasteiger partial charge in [-0.25, -0.2) is 0 Å². The van der Waals surface area contributed by atoms with Gasteiger partial charge >= 0.3 is 11.2 Å². The Kier molecular flexibility index (Phi) is 4.37. The highest BCUT2D eigenvalue weighted by atomic mass is 16.6. The van der Waals surface area contributed by atoms with E-state index in [0.717, 1.165) is 5.56 Å². The maximum atomic E-state index is 13.2. The van der Waals surface area contributed by atoms with Crippen molar-refractivity contribution in [1.29, 1.82) is 0 Å². The molecule has 6 nitrogen and oxygen atoms in total. The number of anilines is 2. The van der Waals surface area contributed by atoms with Gasteiger partial charge < -0.3 is 5.32 Å². The number of hydrogen-bond acceptors (Lipinski definition) is 4. The van der Waals surface area contributed by atoms with Gasteiger partial charge in [-0.3, -0.25) is 19.5 Å². The van der Waals surface area contributed by atoms with Gasteiger partial charge in [0.25, 0.3) is 0 Å². The summed E-state index contributed by atoms with van der Waals surface area (Å²) >= 11 is 0. The quantitative estimate of drug-likeness (QED) is 0.407. The zero-order valence-corrected chi connectivity index (χ0v) is 15.1. The van der Waals surface area contributed by atoms with Gasteiger partial charge in [-0.05, 0) is 42.8 Å². The molecule has 138 valence electrons. The van der Waals surface area contributed by atoms with E-state index in [9.17, 15) is 14.9 Å². The van der Waals surface area contributed by atoms with E-state index in [4.69, 9.17) is 0 Å². The molecule has 4 rings (SSSR count). The molecule has 4 aromatic rings. The van der Waals surface area contributed by atoms with Crippen molar-refractivity contribution in [3.63, 3.8) is 0 Å². The molecule has 28 heavy (non-hydrogen) atoms. The number of fused-ring (bicyclic) bond motifs is 1. The van der Waals surface area contributed by atoms with Crippen LogP contribution in [0.3, 0.4) is 0 Å². The Bertz CT molecular complexity index is 1250. The number of aromatic nitrogens is 1. The molecule has 1 N–H and O–H groups in total.